The van der Waals surface area contributed by atoms with E-state index in [1.54, 1.807) is 6.20 Å². The molecule has 0 spiro atoms. The van der Waals surface area contributed by atoms with Crippen molar-refractivity contribution < 1.29 is 4.79 Å². The van der Waals surface area contributed by atoms with Crippen LogP contribution in [0.25, 0.3) is 17.3 Å². The predicted molar refractivity (Wildman–Crippen MR) is 99.3 cm³/mol. The molecule has 0 fully saturated rings. The molecule has 0 aliphatic carbocycles. The van der Waals surface area contributed by atoms with Crippen molar-refractivity contribution >= 4 is 23.5 Å². The maximum absolute atomic E-state index is 12.2. The van der Waals surface area contributed by atoms with E-state index in [2.05, 4.69) is 15.3 Å². The first-order valence-corrected chi connectivity index (χ1v) is 8.09. The Morgan fingerprint density at radius 3 is 2.54 bits per heavy atom. The van der Waals surface area contributed by atoms with Gasteiger partial charge in [0.15, 0.2) is 5.82 Å². The van der Waals surface area contributed by atoms with Crippen LogP contribution in [0, 0.1) is 5.92 Å². The first-order valence-electron chi connectivity index (χ1n) is 8.09. The smallest absolute Gasteiger partial charge is 0.228 e. The summed E-state index contributed by atoms with van der Waals surface area (Å²) >= 11 is 0. The summed E-state index contributed by atoms with van der Waals surface area (Å²) in [6.07, 6.45) is 4.36. The molecule has 0 aliphatic rings. The normalized spacial score (nSPS) is 11.7. The van der Waals surface area contributed by atoms with Gasteiger partial charge in [0.1, 0.15) is 5.69 Å². The van der Waals surface area contributed by atoms with Gasteiger partial charge in [0.25, 0.3) is 0 Å². The van der Waals surface area contributed by atoms with Crippen LogP contribution in [0.1, 0.15) is 39.8 Å². The minimum Gasteiger partial charge on any atom is -0.399 e. The average Bonchev–Trinajstić information content (AvgIpc) is 2.55. The monoisotopic (exact) mass is 324 g/mol. The molecule has 1 aromatic carbocycles. The zero-order chi connectivity index (χ0) is 17.7. The third-order valence-corrected chi connectivity index (χ3v) is 3.73. The summed E-state index contributed by atoms with van der Waals surface area (Å²) < 4.78 is 0. The quantitative estimate of drug-likeness (QED) is 0.810. The van der Waals surface area contributed by atoms with Gasteiger partial charge >= 0.3 is 0 Å². The maximum atomic E-state index is 12.2. The molecule has 2 aromatic rings. The average molecular weight is 324 g/mol. The van der Waals surface area contributed by atoms with E-state index in [-0.39, 0.29) is 11.8 Å². The Morgan fingerprint density at radius 1 is 1.29 bits per heavy atom. The minimum atomic E-state index is -0.0665. The Morgan fingerprint density at radius 2 is 1.96 bits per heavy atom. The highest BCUT2D eigenvalue weighted by molar-refractivity contribution is 5.93. The van der Waals surface area contributed by atoms with Gasteiger partial charge in [-0.15, -0.1) is 0 Å². The largest absolute Gasteiger partial charge is 0.399 e. The number of hydrogen-bond donors (Lipinski definition) is 2. The highest BCUT2D eigenvalue weighted by Crippen LogP contribution is 2.22. The Hall–Kier alpha value is -2.69. The van der Waals surface area contributed by atoms with Crippen molar-refractivity contribution in [1.82, 2.24) is 9.97 Å². The van der Waals surface area contributed by atoms with Crippen molar-refractivity contribution in [2.75, 3.05) is 11.1 Å². The number of nitrogen functional groups attached to an aromatic ring is 1. The molecular formula is C19H24N4O. The molecule has 2 rings (SSSR count). The fourth-order valence-corrected chi connectivity index (χ4v) is 2.09. The molecule has 5 heteroatoms. The number of nitrogens with one attached hydrogen (secondary N) is 1. The molecule has 5 nitrogen and oxygen atoms in total. The SMILES string of the molecule is CCC(C)C(=O)Nc1ncc(-c2ccc(N)cc2)nc1C=C(C)C. The predicted octanol–water partition coefficient (Wildman–Crippen LogP) is 4.13. The van der Waals surface area contributed by atoms with Gasteiger partial charge in [-0.05, 0) is 38.5 Å². The zero-order valence-electron chi connectivity index (χ0n) is 14.6. The van der Waals surface area contributed by atoms with Gasteiger partial charge in [-0.2, -0.15) is 0 Å². The molecule has 1 atom stereocenters. The Labute approximate surface area is 143 Å². The molecule has 0 radical (unpaired) electrons. The summed E-state index contributed by atoms with van der Waals surface area (Å²) in [5.41, 5.74) is 9.84. The Kier molecular flexibility index (Phi) is 5.68. The highest BCUT2D eigenvalue weighted by atomic mass is 16.1. The number of hydrogen-bond acceptors (Lipinski definition) is 4. The maximum Gasteiger partial charge on any atom is 0.228 e. The lowest BCUT2D eigenvalue weighted by Gasteiger charge is -2.12. The number of rotatable bonds is 5. The third-order valence-electron chi connectivity index (χ3n) is 3.73. The first-order chi connectivity index (χ1) is 11.4. The summed E-state index contributed by atoms with van der Waals surface area (Å²) in [5, 5.41) is 2.88. The van der Waals surface area contributed by atoms with E-state index in [4.69, 9.17) is 5.73 Å². The lowest BCUT2D eigenvalue weighted by atomic mass is 10.1. The molecule has 1 amide bonds. The summed E-state index contributed by atoms with van der Waals surface area (Å²) in [6, 6.07) is 7.47. The van der Waals surface area contributed by atoms with Gasteiger partial charge < -0.3 is 11.1 Å². The molecule has 1 unspecified atom stereocenters. The van der Waals surface area contributed by atoms with E-state index < -0.39 is 0 Å². The molecule has 24 heavy (non-hydrogen) atoms. The van der Waals surface area contributed by atoms with Crippen molar-refractivity contribution in [1.29, 1.82) is 0 Å². The number of benzene rings is 1. The van der Waals surface area contributed by atoms with Crippen molar-refractivity contribution in [2.24, 2.45) is 5.92 Å². The van der Waals surface area contributed by atoms with Crippen molar-refractivity contribution in [3.63, 3.8) is 0 Å². The molecular weight excluding hydrogens is 300 g/mol. The van der Waals surface area contributed by atoms with Gasteiger partial charge in [-0.25, -0.2) is 9.97 Å². The van der Waals surface area contributed by atoms with Crippen LogP contribution in [0.4, 0.5) is 11.5 Å². The van der Waals surface area contributed by atoms with E-state index in [9.17, 15) is 4.79 Å². The van der Waals surface area contributed by atoms with Gasteiger partial charge in [-0.3, -0.25) is 4.79 Å². The number of nitrogens with zero attached hydrogens (tertiary/aromatic N) is 2. The second-order valence-corrected chi connectivity index (χ2v) is 6.13. The highest BCUT2D eigenvalue weighted by Gasteiger charge is 2.14. The number of carbonyl (C=O) groups is 1. The molecule has 0 aliphatic heterocycles. The number of aromatic nitrogens is 2. The van der Waals surface area contributed by atoms with Crippen LogP contribution >= 0.6 is 0 Å². The van der Waals surface area contributed by atoms with Crippen LogP contribution in [0.2, 0.25) is 0 Å². The summed E-state index contributed by atoms with van der Waals surface area (Å²) in [7, 11) is 0. The minimum absolute atomic E-state index is 0.0459. The molecule has 1 heterocycles. The number of carbonyl (C=O) groups excluding carboxylic acids is 1. The third kappa shape index (κ3) is 4.41. The molecule has 1 aromatic heterocycles. The number of amides is 1. The van der Waals surface area contributed by atoms with E-state index >= 15 is 0 Å². The molecule has 126 valence electrons. The van der Waals surface area contributed by atoms with E-state index in [1.165, 1.54) is 0 Å². The molecule has 0 saturated carbocycles. The van der Waals surface area contributed by atoms with Gasteiger partial charge in [0.05, 0.1) is 11.9 Å². The molecule has 0 bridgehead atoms. The second kappa shape index (κ2) is 7.73. The fraction of sp³-hybridized carbons (Fsp3) is 0.316. The second-order valence-electron chi connectivity index (χ2n) is 6.13. The summed E-state index contributed by atoms with van der Waals surface area (Å²) in [4.78, 5) is 21.2. The fourth-order valence-electron chi connectivity index (χ4n) is 2.09. The summed E-state index contributed by atoms with van der Waals surface area (Å²) in [5.74, 6) is 0.374. The molecule has 0 saturated heterocycles. The zero-order valence-corrected chi connectivity index (χ0v) is 14.6. The number of nitrogens with two attached hydrogens (primary N) is 1. The summed E-state index contributed by atoms with van der Waals surface area (Å²) in [6.45, 7) is 7.85. The lowest BCUT2D eigenvalue weighted by molar-refractivity contribution is -0.119. The van der Waals surface area contributed by atoms with Gasteiger partial charge in [0, 0.05) is 17.2 Å². The topological polar surface area (TPSA) is 80.9 Å². The number of anilines is 2. The molecule has 3 N–H and O–H groups in total. The Balaban J connectivity index is 2.40. The van der Waals surface area contributed by atoms with Crippen molar-refractivity contribution in [3.05, 3.63) is 41.7 Å². The van der Waals surface area contributed by atoms with E-state index in [0.29, 0.717) is 17.2 Å². The van der Waals surface area contributed by atoms with Crippen molar-refractivity contribution in [2.45, 2.75) is 34.1 Å². The van der Waals surface area contributed by atoms with Gasteiger partial charge in [-0.1, -0.05) is 31.6 Å². The Bertz CT molecular complexity index is 746. The van der Waals surface area contributed by atoms with E-state index in [1.807, 2.05) is 58.0 Å². The van der Waals surface area contributed by atoms with Crippen LogP contribution in [0.3, 0.4) is 0 Å². The number of allylic oxidation sites excluding steroid dienone is 1. The van der Waals surface area contributed by atoms with Gasteiger partial charge in [0.2, 0.25) is 5.91 Å². The van der Waals surface area contributed by atoms with Crippen LogP contribution in [-0.2, 0) is 4.79 Å². The van der Waals surface area contributed by atoms with Crippen LogP contribution in [-0.4, -0.2) is 15.9 Å². The van der Waals surface area contributed by atoms with E-state index in [0.717, 1.165) is 23.3 Å². The van der Waals surface area contributed by atoms with Crippen LogP contribution in [0.15, 0.2) is 36.0 Å². The van der Waals surface area contributed by atoms with Crippen molar-refractivity contribution in [3.8, 4) is 11.3 Å². The first kappa shape index (κ1) is 17.7. The lowest BCUT2D eigenvalue weighted by Crippen LogP contribution is -2.21. The van der Waals surface area contributed by atoms with Crippen LogP contribution in [0.5, 0.6) is 0 Å². The van der Waals surface area contributed by atoms with Crippen LogP contribution < -0.4 is 11.1 Å². The standard InChI is InChI=1S/C19H24N4O/c1-5-13(4)19(24)23-18-16(10-12(2)3)22-17(11-21-18)14-6-8-15(20)9-7-14/h6-11,13H,5,20H2,1-4H3,(H,21,23,24).